The zero-order chi connectivity index (χ0) is 15.1. The molecule has 1 aromatic carbocycles. The Hall–Kier alpha value is -1.60. The number of anilines is 2. The Bertz CT molecular complexity index is 653. The summed E-state index contributed by atoms with van der Waals surface area (Å²) in [7, 11) is -3.57. The van der Waals surface area contributed by atoms with Gasteiger partial charge in [0.05, 0.1) is 16.3 Å². The Morgan fingerprint density at radius 2 is 2.05 bits per heavy atom. The van der Waals surface area contributed by atoms with Crippen LogP contribution in [-0.4, -0.2) is 26.9 Å². The maximum absolute atomic E-state index is 12.2. The zero-order valence-electron chi connectivity index (χ0n) is 11.8. The van der Waals surface area contributed by atoms with E-state index in [0.29, 0.717) is 24.3 Å². The summed E-state index contributed by atoms with van der Waals surface area (Å²) < 4.78 is 26.8. The third-order valence-corrected chi connectivity index (χ3v) is 4.79. The molecular weight excluding hydrogens is 278 g/mol. The molecule has 0 radical (unpaired) electrons. The maximum atomic E-state index is 12.2. The third-order valence-electron chi connectivity index (χ3n) is 3.15. The third kappa shape index (κ3) is 2.64. The lowest BCUT2D eigenvalue weighted by molar-refractivity contribution is -0.116. The largest absolute Gasteiger partial charge is 0.397 e. The van der Waals surface area contributed by atoms with E-state index in [-0.39, 0.29) is 16.8 Å². The Balaban J connectivity index is 2.48. The molecule has 6 nitrogen and oxygen atoms in total. The van der Waals surface area contributed by atoms with Crippen molar-refractivity contribution in [2.45, 2.75) is 38.1 Å². The van der Waals surface area contributed by atoms with Gasteiger partial charge in [-0.25, -0.2) is 13.1 Å². The van der Waals surface area contributed by atoms with Crippen LogP contribution in [0.5, 0.6) is 0 Å². The van der Waals surface area contributed by atoms with Gasteiger partial charge in [-0.1, -0.05) is 0 Å². The average molecular weight is 297 g/mol. The Morgan fingerprint density at radius 3 is 2.60 bits per heavy atom. The lowest BCUT2D eigenvalue weighted by Crippen LogP contribution is -2.30. The molecule has 110 valence electrons. The summed E-state index contributed by atoms with van der Waals surface area (Å²) in [5.41, 5.74) is 7.70. The molecule has 0 saturated heterocycles. The number of nitrogens with one attached hydrogen (secondary N) is 1. The van der Waals surface area contributed by atoms with Crippen molar-refractivity contribution in [2.24, 2.45) is 0 Å². The second-order valence-electron chi connectivity index (χ2n) is 5.22. The molecule has 3 N–H and O–H groups in total. The summed E-state index contributed by atoms with van der Waals surface area (Å²) in [6.45, 7) is 5.52. The van der Waals surface area contributed by atoms with E-state index in [1.807, 2.05) is 0 Å². The number of rotatable bonds is 3. The number of hydrogen-bond acceptors (Lipinski definition) is 4. The smallest absolute Gasteiger partial charge is 0.240 e. The van der Waals surface area contributed by atoms with Crippen LogP contribution in [-0.2, 0) is 21.2 Å². The first-order valence-electron chi connectivity index (χ1n) is 6.45. The van der Waals surface area contributed by atoms with Crippen molar-refractivity contribution < 1.29 is 13.2 Å². The molecule has 1 aliphatic heterocycles. The number of nitrogens with zero attached hydrogens (tertiary/aromatic N) is 1. The van der Waals surface area contributed by atoms with E-state index < -0.39 is 10.0 Å². The number of hydrogen-bond donors (Lipinski definition) is 2. The lowest BCUT2D eigenvalue weighted by atomic mass is 10.1. The van der Waals surface area contributed by atoms with Gasteiger partial charge >= 0.3 is 0 Å². The summed E-state index contributed by atoms with van der Waals surface area (Å²) in [6, 6.07) is 2.81. The fraction of sp³-hybridized carbons (Fsp3) is 0.462. The number of nitrogens with two attached hydrogens (primary N) is 1. The van der Waals surface area contributed by atoms with Gasteiger partial charge in [0, 0.05) is 19.5 Å². The van der Waals surface area contributed by atoms with Crippen molar-refractivity contribution in [1.82, 2.24) is 4.72 Å². The minimum atomic E-state index is -3.57. The molecule has 1 heterocycles. The minimum Gasteiger partial charge on any atom is -0.397 e. The van der Waals surface area contributed by atoms with Crippen LogP contribution in [0, 0.1) is 0 Å². The van der Waals surface area contributed by atoms with Crippen LogP contribution < -0.4 is 15.4 Å². The van der Waals surface area contributed by atoms with E-state index >= 15 is 0 Å². The molecule has 1 aliphatic rings. The van der Waals surface area contributed by atoms with Gasteiger partial charge in [0.15, 0.2) is 0 Å². The number of carbonyl (C=O) groups excluding carboxylic acids is 1. The van der Waals surface area contributed by atoms with Crippen molar-refractivity contribution in [3.05, 3.63) is 17.7 Å². The molecule has 1 amide bonds. The highest BCUT2D eigenvalue weighted by molar-refractivity contribution is 7.89. The van der Waals surface area contributed by atoms with Crippen molar-refractivity contribution in [3.8, 4) is 0 Å². The van der Waals surface area contributed by atoms with Crippen molar-refractivity contribution in [3.63, 3.8) is 0 Å². The molecule has 1 aromatic rings. The molecule has 0 spiro atoms. The Kier molecular flexibility index (Phi) is 3.75. The number of sulfonamides is 1. The van der Waals surface area contributed by atoms with Crippen LogP contribution in [0.4, 0.5) is 11.4 Å². The van der Waals surface area contributed by atoms with Crippen molar-refractivity contribution in [1.29, 1.82) is 0 Å². The van der Waals surface area contributed by atoms with E-state index in [4.69, 9.17) is 5.73 Å². The standard InChI is InChI=1S/C13H19N3O3S/c1-8(2)15-20(18,19)11-6-10-4-5-16(9(3)17)13(10)12(14)7-11/h6-8,15H,4-5,14H2,1-3H3. The molecule has 0 bridgehead atoms. The van der Waals surface area contributed by atoms with Gasteiger partial charge in [-0.05, 0) is 38.0 Å². The average Bonchev–Trinajstić information content (AvgIpc) is 2.71. The normalized spacial score (nSPS) is 14.7. The van der Waals surface area contributed by atoms with Crippen LogP contribution in [0.25, 0.3) is 0 Å². The Morgan fingerprint density at radius 1 is 1.40 bits per heavy atom. The summed E-state index contributed by atoms with van der Waals surface area (Å²) in [5.74, 6) is -0.0913. The number of benzene rings is 1. The van der Waals surface area contributed by atoms with Gasteiger partial charge in [0.25, 0.3) is 0 Å². The number of fused-ring (bicyclic) bond motifs is 1. The van der Waals surface area contributed by atoms with Crippen LogP contribution in [0.2, 0.25) is 0 Å². The van der Waals surface area contributed by atoms with E-state index in [1.165, 1.54) is 13.0 Å². The lowest BCUT2D eigenvalue weighted by Gasteiger charge is -2.18. The second kappa shape index (κ2) is 5.06. The zero-order valence-corrected chi connectivity index (χ0v) is 12.6. The van der Waals surface area contributed by atoms with Crippen molar-refractivity contribution >= 4 is 27.3 Å². The first kappa shape index (κ1) is 14.8. The minimum absolute atomic E-state index is 0.0913. The van der Waals surface area contributed by atoms with E-state index in [1.54, 1.807) is 24.8 Å². The molecule has 0 saturated carbocycles. The molecule has 2 rings (SSSR count). The highest BCUT2D eigenvalue weighted by Crippen LogP contribution is 2.36. The summed E-state index contributed by atoms with van der Waals surface area (Å²) >= 11 is 0. The fourth-order valence-electron chi connectivity index (χ4n) is 2.40. The maximum Gasteiger partial charge on any atom is 0.240 e. The highest BCUT2D eigenvalue weighted by atomic mass is 32.2. The van der Waals surface area contributed by atoms with E-state index in [2.05, 4.69) is 4.72 Å². The van der Waals surface area contributed by atoms with Crippen LogP contribution in [0.1, 0.15) is 26.3 Å². The molecule has 0 aliphatic carbocycles. The summed E-state index contributed by atoms with van der Waals surface area (Å²) in [6.07, 6.45) is 0.615. The predicted octanol–water partition coefficient (Wildman–Crippen LogP) is 0.865. The monoisotopic (exact) mass is 297 g/mol. The SMILES string of the molecule is CC(=O)N1CCc2cc(S(=O)(=O)NC(C)C)cc(N)c21. The first-order valence-corrected chi connectivity index (χ1v) is 7.93. The van der Waals surface area contributed by atoms with Crippen LogP contribution in [0.3, 0.4) is 0 Å². The number of nitrogen functional groups attached to an aromatic ring is 1. The van der Waals surface area contributed by atoms with E-state index in [9.17, 15) is 13.2 Å². The molecule has 0 aromatic heterocycles. The molecule has 0 atom stereocenters. The van der Waals surface area contributed by atoms with Crippen LogP contribution in [0.15, 0.2) is 17.0 Å². The van der Waals surface area contributed by atoms with Gasteiger partial charge in [-0.2, -0.15) is 0 Å². The molecule has 0 fully saturated rings. The van der Waals surface area contributed by atoms with Crippen LogP contribution >= 0.6 is 0 Å². The van der Waals surface area contributed by atoms with Gasteiger partial charge < -0.3 is 10.6 Å². The predicted molar refractivity (Wildman–Crippen MR) is 78.0 cm³/mol. The van der Waals surface area contributed by atoms with E-state index in [0.717, 1.165) is 5.56 Å². The number of carbonyl (C=O) groups is 1. The van der Waals surface area contributed by atoms with Gasteiger partial charge in [0.1, 0.15) is 0 Å². The topological polar surface area (TPSA) is 92.5 Å². The first-order chi connectivity index (χ1) is 9.22. The Labute approximate surface area is 119 Å². The highest BCUT2D eigenvalue weighted by Gasteiger charge is 2.27. The van der Waals surface area contributed by atoms with Gasteiger partial charge in [-0.3, -0.25) is 4.79 Å². The summed E-state index contributed by atoms with van der Waals surface area (Å²) in [4.78, 5) is 13.3. The molecular formula is C13H19N3O3S. The molecule has 7 heteroatoms. The van der Waals surface area contributed by atoms with Gasteiger partial charge in [0.2, 0.25) is 15.9 Å². The summed E-state index contributed by atoms with van der Waals surface area (Å²) in [5, 5.41) is 0. The molecule has 0 unspecified atom stereocenters. The molecule has 20 heavy (non-hydrogen) atoms. The second-order valence-corrected chi connectivity index (χ2v) is 6.93. The van der Waals surface area contributed by atoms with Crippen molar-refractivity contribution in [2.75, 3.05) is 17.2 Å². The quantitative estimate of drug-likeness (QED) is 0.809. The fourth-order valence-corrected chi connectivity index (χ4v) is 3.74. The number of amides is 1. The van der Waals surface area contributed by atoms with Gasteiger partial charge in [-0.15, -0.1) is 0 Å².